The number of nitrogens with zero attached hydrogens (tertiary/aromatic N) is 2. The number of rotatable bonds is 5. The van der Waals surface area contributed by atoms with Crippen molar-refractivity contribution in [1.29, 1.82) is 0 Å². The van der Waals surface area contributed by atoms with Crippen LogP contribution >= 0.6 is 0 Å². The van der Waals surface area contributed by atoms with Gasteiger partial charge in [0.1, 0.15) is 11.9 Å². The van der Waals surface area contributed by atoms with Gasteiger partial charge in [0, 0.05) is 38.4 Å². The molecule has 1 unspecified atom stereocenters. The molecule has 2 aliphatic rings. The third-order valence-corrected chi connectivity index (χ3v) is 5.58. The lowest BCUT2D eigenvalue weighted by Gasteiger charge is -2.29. The topological polar surface area (TPSA) is 82.1 Å². The quantitative estimate of drug-likeness (QED) is 0.790. The highest BCUT2D eigenvalue weighted by atomic mass is 16.5. The average Bonchev–Trinajstić information content (AvgIpc) is 2.88. The Morgan fingerprint density at radius 1 is 1.13 bits per heavy atom. The molecule has 7 heteroatoms. The fourth-order valence-electron chi connectivity index (χ4n) is 4.01. The number of carbonyl (C=O) groups excluding carboxylic acids is 1. The second-order valence-electron chi connectivity index (χ2n) is 7.82. The van der Waals surface area contributed by atoms with Crippen LogP contribution in [0, 0.1) is 0 Å². The van der Waals surface area contributed by atoms with E-state index in [2.05, 4.69) is 34.5 Å². The number of hydrogen-bond donors (Lipinski definition) is 2. The van der Waals surface area contributed by atoms with Gasteiger partial charge < -0.3 is 25.0 Å². The minimum absolute atomic E-state index is 0.0824. The molecule has 158 valence electrons. The Balaban J connectivity index is 1.58. The summed E-state index contributed by atoms with van der Waals surface area (Å²) in [6.45, 7) is 6.40. The van der Waals surface area contributed by atoms with Crippen LogP contribution in [0.15, 0.2) is 42.5 Å². The molecule has 2 heterocycles. The van der Waals surface area contributed by atoms with Crippen molar-refractivity contribution in [2.24, 2.45) is 0 Å². The molecule has 2 aromatic rings. The van der Waals surface area contributed by atoms with E-state index in [0.717, 1.165) is 37.3 Å². The summed E-state index contributed by atoms with van der Waals surface area (Å²) in [7, 11) is 0. The molecule has 0 radical (unpaired) electrons. The number of ether oxygens (including phenoxy) is 1. The van der Waals surface area contributed by atoms with Crippen LogP contribution in [0.2, 0.25) is 0 Å². The molecular weight excluding hydrogens is 382 g/mol. The Morgan fingerprint density at radius 3 is 2.53 bits per heavy atom. The largest absolute Gasteiger partial charge is 0.488 e. The van der Waals surface area contributed by atoms with Gasteiger partial charge in [-0.25, -0.2) is 0 Å². The summed E-state index contributed by atoms with van der Waals surface area (Å²) in [5.74, 6) is -0.555. The zero-order chi connectivity index (χ0) is 21.1. The number of carboxylic acid groups (broad SMARTS) is 1. The fourth-order valence-corrected chi connectivity index (χ4v) is 4.01. The third kappa shape index (κ3) is 4.41. The Hall–Kier alpha value is -3.06. The third-order valence-electron chi connectivity index (χ3n) is 5.58. The second-order valence-corrected chi connectivity index (χ2v) is 7.82. The van der Waals surface area contributed by atoms with Gasteiger partial charge in [-0.3, -0.25) is 9.59 Å². The van der Waals surface area contributed by atoms with Crippen LogP contribution in [0.1, 0.15) is 23.7 Å². The summed E-state index contributed by atoms with van der Waals surface area (Å²) in [6, 6.07) is 14.0. The number of amides is 1. The number of piperazine rings is 1. The van der Waals surface area contributed by atoms with Crippen molar-refractivity contribution in [1.82, 2.24) is 10.2 Å². The molecule has 0 aromatic heterocycles. The molecule has 30 heavy (non-hydrogen) atoms. The first-order chi connectivity index (χ1) is 14.5. The first-order valence-corrected chi connectivity index (χ1v) is 10.4. The van der Waals surface area contributed by atoms with Crippen molar-refractivity contribution in [2.75, 3.05) is 44.2 Å². The predicted octanol–water partition coefficient (Wildman–Crippen LogP) is 2.46. The Labute approximate surface area is 176 Å². The average molecular weight is 409 g/mol. The molecule has 2 N–H and O–H groups in total. The van der Waals surface area contributed by atoms with Crippen LogP contribution in [0.5, 0.6) is 5.75 Å². The predicted molar refractivity (Wildman–Crippen MR) is 115 cm³/mol. The SMILES string of the molecule is CC1CN(CCC(=O)O)C(=O)c2cc(-c3ccc(N4CCNCC4)cc3)ccc2O1. The first kappa shape index (κ1) is 20.2. The molecule has 2 aromatic carbocycles. The monoisotopic (exact) mass is 409 g/mol. The number of fused-ring (bicyclic) bond motifs is 1. The lowest BCUT2D eigenvalue weighted by atomic mass is 10.0. The van der Waals surface area contributed by atoms with E-state index in [1.165, 1.54) is 5.69 Å². The summed E-state index contributed by atoms with van der Waals surface area (Å²) >= 11 is 0. The molecule has 4 rings (SSSR count). The van der Waals surface area contributed by atoms with Crippen LogP contribution in [-0.4, -0.2) is 67.3 Å². The second kappa shape index (κ2) is 8.75. The van der Waals surface area contributed by atoms with Gasteiger partial charge in [0.2, 0.25) is 0 Å². The van der Waals surface area contributed by atoms with Gasteiger partial charge >= 0.3 is 5.97 Å². The van der Waals surface area contributed by atoms with Gasteiger partial charge in [0.05, 0.1) is 18.5 Å². The molecule has 0 saturated carbocycles. The molecule has 1 fully saturated rings. The van der Waals surface area contributed by atoms with Crippen LogP contribution in [0.25, 0.3) is 11.1 Å². The number of nitrogens with one attached hydrogen (secondary N) is 1. The van der Waals surface area contributed by atoms with Crippen molar-refractivity contribution in [2.45, 2.75) is 19.4 Å². The Kier molecular flexibility index (Phi) is 5.90. The maximum atomic E-state index is 13.1. The van der Waals surface area contributed by atoms with E-state index >= 15 is 0 Å². The molecule has 1 amide bonds. The van der Waals surface area contributed by atoms with E-state index in [-0.39, 0.29) is 25.0 Å². The molecular formula is C23H27N3O4. The highest BCUT2D eigenvalue weighted by molar-refractivity contribution is 5.98. The van der Waals surface area contributed by atoms with Gasteiger partial charge in [-0.1, -0.05) is 18.2 Å². The summed E-state index contributed by atoms with van der Waals surface area (Å²) in [6.07, 6.45) is -0.283. The smallest absolute Gasteiger partial charge is 0.305 e. The van der Waals surface area contributed by atoms with Crippen LogP contribution < -0.4 is 15.0 Å². The molecule has 1 saturated heterocycles. The standard InChI is InChI=1S/C23H27N3O4/c1-16-15-26(11-8-22(27)28)23(29)20-14-18(4-7-21(20)30-16)17-2-5-19(6-3-17)25-12-9-24-10-13-25/h2-7,14,16,24H,8-13,15H2,1H3,(H,27,28). The van der Waals surface area contributed by atoms with Gasteiger partial charge in [0.15, 0.2) is 0 Å². The first-order valence-electron chi connectivity index (χ1n) is 10.4. The Bertz CT molecular complexity index is 923. The number of aliphatic carboxylic acids is 1. The number of carbonyl (C=O) groups is 2. The normalized spacial score (nSPS) is 19.1. The molecule has 2 aliphatic heterocycles. The summed E-state index contributed by atoms with van der Waals surface area (Å²) in [5.41, 5.74) is 3.64. The zero-order valence-corrected chi connectivity index (χ0v) is 17.1. The van der Waals surface area contributed by atoms with Crippen LogP contribution in [-0.2, 0) is 4.79 Å². The Morgan fingerprint density at radius 2 is 1.83 bits per heavy atom. The molecule has 1 atom stereocenters. The molecule has 0 spiro atoms. The summed E-state index contributed by atoms with van der Waals surface area (Å²) in [4.78, 5) is 28.0. The maximum absolute atomic E-state index is 13.1. The van der Waals surface area contributed by atoms with E-state index in [4.69, 9.17) is 9.84 Å². The van der Waals surface area contributed by atoms with E-state index < -0.39 is 5.97 Å². The molecule has 0 bridgehead atoms. The lowest BCUT2D eigenvalue weighted by Crippen LogP contribution is -2.43. The maximum Gasteiger partial charge on any atom is 0.305 e. The van der Waals surface area contributed by atoms with Crippen molar-refractivity contribution in [3.8, 4) is 16.9 Å². The molecule has 7 nitrogen and oxygen atoms in total. The number of benzene rings is 2. The van der Waals surface area contributed by atoms with Gasteiger partial charge in [-0.15, -0.1) is 0 Å². The zero-order valence-electron chi connectivity index (χ0n) is 17.1. The number of anilines is 1. The summed E-state index contributed by atoms with van der Waals surface area (Å²) in [5, 5.41) is 12.4. The highest BCUT2D eigenvalue weighted by Gasteiger charge is 2.27. The van der Waals surface area contributed by atoms with E-state index in [1.54, 1.807) is 4.90 Å². The van der Waals surface area contributed by atoms with Crippen LogP contribution in [0.3, 0.4) is 0 Å². The fraction of sp³-hybridized carbons (Fsp3) is 0.391. The van der Waals surface area contributed by atoms with E-state index in [1.807, 2.05) is 25.1 Å². The lowest BCUT2D eigenvalue weighted by molar-refractivity contribution is -0.137. The van der Waals surface area contributed by atoms with E-state index in [0.29, 0.717) is 17.9 Å². The highest BCUT2D eigenvalue weighted by Crippen LogP contribution is 2.31. The van der Waals surface area contributed by atoms with Crippen LogP contribution in [0.4, 0.5) is 5.69 Å². The summed E-state index contributed by atoms with van der Waals surface area (Å²) < 4.78 is 5.93. The van der Waals surface area contributed by atoms with E-state index in [9.17, 15) is 9.59 Å². The molecule has 0 aliphatic carbocycles. The number of hydrogen-bond acceptors (Lipinski definition) is 5. The van der Waals surface area contributed by atoms with Crippen molar-refractivity contribution >= 4 is 17.6 Å². The van der Waals surface area contributed by atoms with Gasteiger partial charge in [-0.2, -0.15) is 0 Å². The minimum atomic E-state index is -0.917. The minimum Gasteiger partial charge on any atom is -0.488 e. The van der Waals surface area contributed by atoms with Crippen molar-refractivity contribution in [3.63, 3.8) is 0 Å². The van der Waals surface area contributed by atoms with Crippen molar-refractivity contribution in [3.05, 3.63) is 48.0 Å². The van der Waals surface area contributed by atoms with Gasteiger partial charge in [0.25, 0.3) is 5.91 Å². The number of carboxylic acids is 1. The van der Waals surface area contributed by atoms with Crippen molar-refractivity contribution < 1.29 is 19.4 Å². The van der Waals surface area contributed by atoms with Gasteiger partial charge in [-0.05, 0) is 42.3 Å².